The third-order valence-electron chi connectivity index (χ3n) is 6.11. The Labute approximate surface area is 169 Å². The van der Waals surface area contributed by atoms with Crippen LogP contribution in [0.3, 0.4) is 0 Å². The number of amides is 1. The van der Waals surface area contributed by atoms with Crippen molar-refractivity contribution in [1.82, 2.24) is 5.32 Å². The number of nitrogens with one attached hydrogen (secondary N) is 1. The van der Waals surface area contributed by atoms with Gasteiger partial charge in [-0.25, -0.2) is 4.79 Å². The molecule has 152 valence electrons. The van der Waals surface area contributed by atoms with Crippen LogP contribution in [0.4, 0.5) is 4.79 Å². The average Bonchev–Trinajstić information content (AvgIpc) is 3.24. The first-order chi connectivity index (χ1) is 14.0. The first-order valence-electron chi connectivity index (χ1n) is 9.97. The van der Waals surface area contributed by atoms with Gasteiger partial charge in [-0.1, -0.05) is 55.5 Å². The number of hydrogen-bond acceptors (Lipinski definition) is 4. The van der Waals surface area contributed by atoms with Crippen molar-refractivity contribution in [3.05, 3.63) is 59.7 Å². The summed E-state index contributed by atoms with van der Waals surface area (Å²) in [5, 5.41) is 12.2. The van der Waals surface area contributed by atoms with Crippen LogP contribution < -0.4 is 5.32 Å². The lowest BCUT2D eigenvalue weighted by atomic mass is 9.82. The molecule has 1 heterocycles. The Bertz CT molecular complexity index is 881. The van der Waals surface area contributed by atoms with E-state index in [9.17, 15) is 14.7 Å². The molecule has 2 aliphatic rings. The van der Waals surface area contributed by atoms with Gasteiger partial charge in [0.15, 0.2) is 0 Å². The van der Waals surface area contributed by atoms with Crippen LogP contribution in [0, 0.1) is 5.92 Å². The minimum absolute atomic E-state index is 0.0367. The molecule has 0 spiro atoms. The topological polar surface area (TPSA) is 84.9 Å². The highest BCUT2D eigenvalue weighted by Crippen LogP contribution is 2.44. The summed E-state index contributed by atoms with van der Waals surface area (Å²) in [4.78, 5) is 24.0. The lowest BCUT2D eigenvalue weighted by Gasteiger charge is -2.32. The van der Waals surface area contributed by atoms with E-state index in [1.165, 1.54) is 0 Å². The highest BCUT2D eigenvalue weighted by atomic mass is 16.6. The Kier molecular flexibility index (Phi) is 5.28. The molecule has 0 radical (unpaired) electrons. The summed E-state index contributed by atoms with van der Waals surface area (Å²) < 4.78 is 11.1. The molecular formula is C23H25NO5. The number of benzene rings is 2. The molecule has 2 aromatic carbocycles. The van der Waals surface area contributed by atoms with E-state index >= 15 is 0 Å². The Morgan fingerprint density at radius 3 is 2.34 bits per heavy atom. The Hall–Kier alpha value is -2.86. The number of rotatable bonds is 6. The molecule has 0 bridgehead atoms. The number of carboxylic acids is 1. The predicted molar refractivity (Wildman–Crippen MR) is 108 cm³/mol. The molecule has 1 aliphatic heterocycles. The molecule has 29 heavy (non-hydrogen) atoms. The Balaban J connectivity index is 1.49. The van der Waals surface area contributed by atoms with Crippen molar-refractivity contribution in [2.24, 2.45) is 5.92 Å². The highest BCUT2D eigenvalue weighted by Gasteiger charge is 2.46. The number of carboxylic acid groups (broad SMARTS) is 1. The maximum absolute atomic E-state index is 12.6. The maximum atomic E-state index is 12.6. The van der Waals surface area contributed by atoms with Gasteiger partial charge in [-0.2, -0.15) is 0 Å². The zero-order chi connectivity index (χ0) is 20.4. The van der Waals surface area contributed by atoms with E-state index in [1.54, 1.807) is 0 Å². The fourth-order valence-corrected chi connectivity index (χ4v) is 4.65. The van der Waals surface area contributed by atoms with Gasteiger partial charge in [-0.3, -0.25) is 4.79 Å². The smallest absolute Gasteiger partial charge is 0.407 e. The number of hydrogen-bond donors (Lipinski definition) is 2. The van der Waals surface area contributed by atoms with Gasteiger partial charge in [-0.05, 0) is 28.7 Å². The van der Waals surface area contributed by atoms with E-state index in [1.807, 2.05) is 31.2 Å². The monoisotopic (exact) mass is 395 g/mol. The zero-order valence-corrected chi connectivity index (χ0v) is 16.4. The van der Waals surface area contributed by atoms with Crippen molar-refractivity contribution in [2.45, 2.75) is 31.2 Å². The predicted octanol–water partition coefficient (Wildman–Crippen LogP) is 3.80. The van der Waals surface area contributed by atoms with Gasteiger partial charge in [0.25, 0.3) is 0 Å². The van der Waals surface area contributed by atoms with Gasteiger partial charge in [0.1, 0.15) is 6.61 Å². The summed E-state index contributed by atoms with van der Waals surface area (Å²) in [5.74, 6) is -1.06. The van der Waals surface area contributed by atoms with Crippen LogP contribution in [0.25, 0.3) is 11.1 Å². The minimum atomic E-state index is -0.965. The summed E-state index contributed by atoms with van der Waals surface area (Å²) in [6.07, 6.45) is -0.0656. The van der Waals surface area contributed by atoms with Crippen LogP contribution in [0.2, 0.25) is 0 Å². The number of ether oxygens (including phenoxy) is 2. The fraction of sp³-hybridized carbons (Fsp3) is 0.391. The molecule has 1 saturated heterocycles. The van der Waals surface area contributed by atoms with Gasteiger partial charge >= 0.3 is 12.1 Å². The van der Waals surface area contributed by atoms with Crippen molar-refractivity contribution < 1.29 is 24.2 Å². The van der Waals surface area contributed by atoms with Crippen molar-refractivity contribution in [2.75, 3.05) is 19.8 Å². The SMILES string of the molecule is CCC1COCC1(CC(=O)O)NC(=O)OCC1c2ccccc2-c2ccccc21. The van der Waals surface area contributed by atoms with Crippen LogP contribution in [0.15, 0.2) is 48.5 Å². The quantitative estimate of drug-likeness (QED) is 0.777. The first-order valence-corrected chi connectivity index (χ1v) is 9.97. The van der Waals surface area contributed by atoms with Gasteiger partial charge in [-0.15, -0.1) is 0 Å². The number of alkyl carbamates (subject to hydrolysis) is 1. The van der Waals surface area contributed by atoms with Crippen molar-refractivity contribution in [3.8, 4) is 11.1 Å². The molecule has 0 saturated carbocycles. The number of carbonyl (C=O) groups is 2. The summed E-state index contributed by atoms with van der Waals surface area (Å²) >= 11 is 0. The lowest BCUT2D eigenvalue weighted by Crippen LogP contribution is -2.55. The molecular weight excluding hydrogens is 370 g/mol. The van der Waals surface area contributed by atoms with Crippen molar-refractivity contribution >= 4 is 12.1 Å². The fourth-order valence-electron chi connectivity index (χ4n) is 4.65. The van der Waals surface area contributed by atoms with Crippen LogP contribution in [0.1, 0.15) is 36.8 Å². The molecule has 0 aromatic heterocycles. The molecule has 2 atom stereocenters. The van der Waals surface area contributed by atoms with Crippen LogP contribution >= 0.6 is 0 Å². The summed E-state index contributed by atoms with van der Waals surface area (Å²) in [5.41, 5.74) is 3.67. The maximum Gasteiger partial charge on any atom is 0.407 e. The van der Waals surface area contributed by atoms with E-state index in [2.05, 4.69) is 29.6 Å². The standard InChI is InChI=1S/C23H25NO5/c1-2-15-12-28-14-23(15,11-21(25)26)24-22(27)29-13-20-18-9-5-3-7-16(18)17-8-4-6-10-19(17)20/h3-10,15,20H,2,11-14H2,1H3,(H,24,27)(H,25,26). The molecule has 1 fully saturated rings. The second kappa shape index (κ2) is 7.87. The molecule has 1 amide bonds. The first kappa shape index (κ1) is 19.5. The summed E-state index contributed by atoms with van der Waals surface area (Å²) in [7, 11) is 0. The third kappa shape index (κ3) is 3.60. The van der Waals surface area contributed by atoms with Crippen LogP contribution in [0.5, 0.6) is 0 Å². The molecule has 6 nitrogen and oxygen atoms in total. The van der Waals surface area contributed by atoms with E-state index in [-0.39, 0.29) is 31.5 Å². The number of fused-ring (bicyclic) bond motifs is 3. The van der Waals surface area contributed by atoms with E-state index < -0.39 is 17.6 Å². The normalized spacial score (nSPS) is 22.7. The highest BCUT2D eigenvalue weighted by molar-refractivity contribution is 5.79. The Morgan fingerprint density at radius 1 is 1.14 bits per heavy atom. The van der Waals surface area contributed by atoms with Crippen molar-refractivity contribution in [1.29, 1.82) is 0 Å². The lowest BCUT2D eigenvalue weighted by molar-refractivity contribution is -0.139. The largest absolute Gasteiger partial charge is 0.481 e. The Morgan fingerprint density at radius 2 is 1.76 bits per heavy atom. The summed E-state index contributed by atoms with van der Waals surface area (Å²) in [6.45, 7) is 2.78. The summed E-state index contributed by atoms with van der Waals surface area (Å²) in [6, 6.07) is 16.3. The third-order valence-corrected chi connectivity index (χ3v) is 6.11. The van der Waals surface area contributed by atoms with Gasteiger partial charge in [0.2, 0.25) is 0 Å². The van der Waals surface area contributed by atoms with Crippen molar-refractivity contribution in [3.63, 3.8) is 0 Å². The number of carbonyl (C=O) groups excluding carboxylic acids is 1. The van der Waals surface area contributed by atoms with E-state index in [0.29, 0.717) is 6.61 Å². The molecule has 2 unspecified atom stereocenters. The van der Waals surface area contributed by atoms with E-state index in [0.717, 1.165) is 28.7 Å². The van der Waals surface area contributed by atoms with Gasteiger partial charge < -0.3 is 19.9 Å². The molecule has 4 rings (SSSR count). The van der Waals surface area contributed by atoms with Crippen LogP contribution in [-0.4, -0.2) is 42.5 Å². The van der Waals surface area contributed by atoms with Gasteiger partial charge in [0.05, 0.1) is 25.2 Å². The van der Waals surface area contributed by atoms with Crippen LogP contribution in [-0.2, 0) is 14.3 Å². The molecule has 2 N–H and O–H groups in total. The molecule has 6 heteroatoms. The molecule has 2 aromatic rings. The van der Waals surface area contributed by atoms with Gasteiger partial charge in [0, 0.05) is 11.8 Å². The zero-order valence-electron chi connectivity index (χ0n) is 16.4. The number of aliphatic carboxylic acids is 1. The second-order valence-corrected chi connectivity index (χ2v) is 7.80. The molecule has 1 aliphatic carbocycles. The van der Waals surface area contributed by atoms with E-state index in [4.69, 9.17) is 9.47 Å². The minimum Gasteiger partial charge on any atom is -0.481 e. The average molecular weight is 395 g/mol. The second-order valence-electron chi connectivity index (χ2n) is 7.80.